The van der Waals surface area contributed by atoms with Crippen LogP contribution in [0.1, 0.15) is 30.2 Å². The molecule has 2 rings (SSSR count). The number of fused-ring (bicyclic) bond motifs is 1. The zero-order chi connectivity index (χ0) is 12.4. The summed E-state index contributed by atoms with van der Waals surface area (Å²) in [5, 5.41) is 4.75. The number of benzene rings is 1. The van der Waals surface area contributed by atoms with Crippen molar-refractivity contribution in [3.05, 3.63) is 34.7 Å². The largest absolute Gasteiger partial charge is 0.319 e. The Kier molecular flexibility index (Phi) is 3.85. The van der Waals surface area contributed by atoms with Gasteiger partial charge in [0.15, 0.2) is 0 Å². The quantitative estimate of drug-likeness (QED) is 0.855. The monoisotopic (exact) mass is 247 g/mol. The third-order valence-corrected chi connectivity index (χ3v) is 4.85. The van der Waals surface area contributed by atoms with E-state index >= 15 is 0 Å². The molecule has 1 aromatic heterocycles. The number of hydrogen-bond acceptors (Lipinski definition) is 2. The van der Waals surface area contributed by atoms with Gasteiger partial charge in [-0.15, -0.1) is 11.3 Å². The second-order valence-corrected chi connectivity index (χ2v) is 6.08. The van der Waals surface area contributed by atoms with E-state index in [1.807, 2.05) is 18.4 Å². The normalized spacial score (nSPS) is 13.5. The highest BCUT2D eigenvalue weighted by atomic mass is 32.1. The van der Waals surface area contributed by atoms with Crippen molar-refractivity contribution in [3.8, 4) is 0 Å². The van der Waals surface area contributed by atoms with Crippen LogP contribution < -0.4 is 5.32 Å². The summed E-state index contributed by atoms with van der Waals surface area (Å²) in [7, 11) is 2.04. The summed E-state index contributed by atoms with van der Waals surface area (Å²) in [5.74, 6) is 1.30. The highest BCUT2D eigenvalue weighted by molar-refractivity contribution is 7.19. The van der Waals surface area contributed by atoms with Gasteiger partial charge >= 0.3 is 0 Å². The van der Waals surface area contributed by atoms with Crippen LogP contribution in [-0.4, -0.2) is 13.6 Å². The first-order chi connectivity index (χ1) is 8.15. The van der Waals surface area contributed by atoms with Gasteiger partial charge in [-0.3, -0.25) is 0 Å². The van der Waals surface area contributed by atoms with Crippen LogP contribution in [0.3, 0.4) is 0 Å². The average Bonchev–Trinajstić information content (AvgIpc) is 2.64. The molecule has 1 atom stereocenters. The van der Waals surface area contributed by atoms with Gasteiger partial charge in [0, 0.05) is 22.0 Å². The summed E-state index contributed by atoms with van der Waals surface area (Å²) in [6.45, 7) is 7.95. The molecule has 0 saturated carbocycles. The molecule has 0 fully saturated rings. The molecule has 0 aliphatic carbocycles. The van der Waals surface area contributed by atoms with E-state index in [1.165, 1.54) is 15.6 Å². The molecule has 1 N–H and O–H groups in total. The van der Waals surface area contributed by atoms with Crippen LogP contribution >= 0.6 is 11.3 Å². The van der Waals surface area contributed by atoms with Crippen LogP contribution in [0, 0.1) is 12.8 Å². The van der Waals surface area contributed by atoms with Crippen LogP contribution in [0.25, 0.3) is 10.1 Å². The Morgan fingerprint density at radius 1 is 1.24 bits per heavy atom. The van der Waals surface area contributed by atoms with Crippen LogP contribution in [0.15, 0.2) is 24.3 Å². The third kappa shape index (κ3) is 2.38. The Bertz CT molecular complexity index is 499. The van der Waals surface area contributed by atoms with Gasteiger partial charge in [0.25, 0.3) is 0 Å². The standard InChI is InChI=1S/C15H21NS/c1-10(2)13(9-16-4)15-11(3)12-7-5-6-8-14(12)17-15/h5-8,10,13,16H,9H2,1-4H3. The molecular weight excluding hydrogens is 226 g/mol. The molecule has 2 aromatic rings. The Labute approximate surface area is 108 Å². The summed E-state index contributed by atoms with van der Waals surface area (Å²) in [6.07, 6.45) is 0. The first-order valence-electron chi connectivity index (χ1n) is 6.27. The molecule has 1 nitrogen and oxygen atoms in total. The van der Waals surface area contributed by atoms with Gasteiger partial charge in [0.05, 0.1) is 0 Å². The van der Waals surface area contributed by atoms with Crippen LogP contribution in [0.2, 0.25) is 0 Å². The van der Waals surface area contributed by atoms with Gasteiger partial charge in [-0.1, -0.05) is 32.0 Å². The molecule has 0 aliphatic rings. The van der Waals surface area contributed by atoms with E-state index in [2.05, 4.69) is 50.4 Å². The van der Waals surface area contributed by atoms with Gasteiger partial charge in [-0.25, -0.2) is 0 Å². The Morgan fingerprint density at radius 3 is 2.53 bits per heavy atom. The predicted octanol–water partition coefficient (Wildman–Crippen LogP) is 4.17. The summed E-state index contributed by atoms with van der Waals surface area (Å²) in [6, 6.07) is 8.73. The lowest BCUT2D eigenvalue weighted by molar-refractivity contribution is 0.483. The highest BCUT2D eigenvalue weighted by Gasteiger charge is 2.20. The van der Waals surface area contributed by atoms with E-state index < -0.39 is 0 Å². The van der Waals surface area contributed by atoms with Crippen LogP contribution in [0.5, 0.6) is 0 Å². The summed E-state index contributed by atoms with van der Waals surface area (Å²) in [4.78, 5) is 1.55. The number of nitrogens with one attached hydrogen (secondary N) is 1. The summed E-state index contributed by atoms with van der Waals surface area (Å²) >= 11 is 1.96. The fourth-order valence-electron chi connectivity index (χ4n) is 2.40. The molecule has 0 amide bonds. The molecule has 0 saturated heterocycles. The van der Waals surface area contributed by atoms with E-state index in [4.69, 9.17) is 0 Å². The minimum atomic E-state index is 0.623. The summed E-state index contributed by atoms with van der Waals surface area (Å²) < 4.78 is 1.42. The Hall–Kier alpha value is -0.860. The lowest BCUT2D eigenvalue weighted by Gasteiger charge is -2.20. The number of rotatable bonds is 4. The second kappa shape index (κ2) is 5.19. The first-order valence-corrected chi connectivity index (χ1v) is 7.09. The topological polar surface area (TPSA) is 12.0 Å². The third-order valence-electron chi connectivity index (χ3n) is 3.45. The van der Waals surface area contributed by atoms with E-state index in [1.54, 1.807) is 4.88 Å². The molecule has 1 aromatic carbocycles. The lowest BCUT2D eigenvalue weighted by Crippen LogP contribution is -2.21. The number of thiophene rings is 1. The number of hydrogen-bond donors (Lipinski definition) is 1. The fraction of sp³-hybridized carbons (Fsp3) is 0.467. The van der Waals surface area contributed by atoms with Crippen molar-refractivity contribution in [1.29, 1.82) is 0 Å². The maximum Gasteiger partial charge on any atom is 0.0348 e. The molecule has 92 valence electrons. The van der Waals surface area contributed by atoms with Crippen molar-refractivity contribution >= 4 is 21.4 Å². The second-order valence-electron chi connectivity index (χ2n) is 5.00. The van der Waals surface area contributed by atoms with E-state index in [-0.39, 0.29) is 0 Å². The van der Waals surface area contributed by atoms with Crippen molar-refractivity contribution in [1.82, 2.24) is 5.32 Å². The maximum absolute atomic E-state index is 3.33. The van der Waals surface area contributed by atoms with E-state index in [0.717, 1.165) is 6.54 Å². The van der Waals surface area contributed by atoms with Crippen molar-refractivity contribution in [2.24, 2.45) is 5.92 Å². The maximum atomic E-state index is 3.33. The predicted molar refractivity (Wildman–Crippen MR) is 78.1 cm³/mol. The SMILES string of the molecule is CNCC(c1sc2ccccc2c1C)C(C)C. The average molecular weight is 247 g/mol. The van der Waals surface area contributed by atoms with Gasteiger partial charge in [0.1, 0.15) is 0 Å². The highest BCUT2D eigenvalue weighted by Crippen LogP contribution is 2.38. The molecule has 1 unspecified atom stereocenters. The van der Waals surface area contributed by atoms with E-state index in [0.29, 0.717) is 11.8 Å². The minimum absolute atomic E-state index is 0.623. The molecule has 0 radical (unpaired) electrons. The Balaban J connectivity index is 2.49. The molecule has 2 heteroatoms. The van der Waals surface area contributed by atoms with Gasteiger partial charge in [-0.2, -0.15) is 0 Å². The lowest BCUT2D eigenvalue weighted by atomic mass is 9.91. The molecular formula is C15H21NS. The molecule has 17 heavy (non-hydrogen) atoms. The van der Waals surface area contributed by atoms with Crippen LogP contribution in [-0.2, 0) is 0 Å². The van der Waals surface area contributed by atoms with Crippen molar-refractivity contribution in [3.63, 3.8) is 0 Å². The summed E-state index contributed by atoms with van der Waals surface area (Å²) in [5.41, 5.74) is 1.47. The van der Waals surface area contributed by atoms with Gasteiger partial charge in [-0.05, 0) is 36.9 Å². The molecule has 1 heterocycles. The van der Waals surface area contributed by atoms with Crippen molar-refractivity contribution < 1.29 is 0 Å². The van der Waals surface area contributed by atoms with Gasteiger partial charge < -0.3 is 5.32 Å². The molecule has 0 bridgehead atoms. The fourth-order valence-corrected chi connectivity index (χ4v) is 3.88. The first kappa shape index (κ1) is 12.6. The number of aryl methyl sites for hydroxylation is 1. The zero-order valence-electron chi connectivity index (χ0n) is 11.1. The Morgan fingerprint density at radius 2 is 1.94 bits per heavy atom. The molecule has 0 spiro atoms. The van der Waals surface area contributed by atoms with Crippen molar-refractivity contribution in [2.75, 3.05) is 13.6 Å². The van der Waals surface area contributed by atoms with Crippen LogP contribution in [0.4, 0.5) is 0 Å². The van der Waals surface area contributed by atoms with Gasteiger partial charge in [0.2, 0.25) is 0 Å². The van der Waals surface area contributed by atoms with E-state index in [9.17, 15) is 0 Å². The molecule has 0 aliphatic heterocycles. The minimum Gasteiger partial charge on any atom is -0.319 e. The zero-order valence-corrected chi connectivity index (χ0v) is 11.9. The smallest absolute Gasteiger partial charge is 0.0348 e. The number of likely N-dealkylation sites (N-methyl/N-ethyl adjacent to an activating group) is 1. The van der Waals surface area contributed by atoms with Crippen molar-refractivity contribution in [2.45, 2.75) is 26.7 Å².